The third-order valence-corrected chi connectivity index (χ3v) is 6.32. The van der Waals surface area contributed by atoms with Gasteiger partial charge in [0, 0.05) is 37.1 Å². The van der Waals surface area contributed by atoms with Crippen LogP contribution in [0.4, 0.5) is 0 Å². The van der Waals surface area contributed by atoms with E-state index in [0.29, 0.717) is 0 Å². The monoisotopic (exact) mass is 407 g/mol. The van der Waals surface area contributed by atoms with E-state index in [9.17, 15) is 4.79 Å². The van der Waals surface area contributed by atoms with Gasteiger partial charge in [-0.05, 0) is 50.8 Å². The molecule has 6 nitrogen and oxygen atoms in total. The molecule has 0 aliphatic carbocycles. The van der Waals surface area contributed by atoms with Gasteiger partial charge < -0.3 is 4.90 Å². The first kappa shape index (κ1) is 19.6. The van der Waals surface area contributed by atoms with Gasteiger partial charge in [-0.1, -0.05) is 6.92 Å². The molecule has 0 unspecified atom stereocenters. The number of aromatic nitrogens is 4. The Morgan fingerprint density at radius 1 is 1.24 bits per heavy atom. The van der Waals surface area contributed by atoms with Gasteiger partial charge in [-0.25, -0.2) is 15.0 Å². The van der Waals surface area contributed by atoms with Gasteiger partial charge in [-0.15, -0.1) is 11.3 Å². The van der Waals surface area contributed by atoms with Crippen molar-refractivity contribution in [3.05, 3.63) is 57.8 Å². The predicted octanol–water partition coefficient (Wildman–Crippen LogP) is 4.54. The predicted molar refractivity (Wildman–Crippen MR) is 114 cm³/mol. The van der Waals surface area contributed by atoms with Crippen molar-refractivity contribution in [1.82, 2.24) is 24.8 Å². The summed E-state index contributed by atoms with van der Waals surface area (Å²) in [5.41, 5.74) is 3.77. The third-order valence-electron chi connectivity index (χ3n) is 5.26. The highest BCUT2D eigenvalue weighted by Crippen LogP contribution is 2.38. The topological polar surface area (TPSA) is 71.9 Å². The van der Waals surface area contributed by atoms with Crippen LogP contribution in [-0.2, 0) is 6.42 Å². The highest BCUT2D eigenvalue weighted by molar-refractivity contribution is 7.13. The van der Waals surface area contributed by atoms with Crippen LogP contribution >= 0.6 is 11.3 Å². The first-order valence-corrected chi connectivity index (χ1v) is 10.9. The molecule has 0 aromatic carbocycles. The van der Waals surface area contributed by atoms with E-state index in [1.807, 2.05) is 37.1 Å². The van der Waals surface area contributed by atoms with Crippen LogP contribution in [0.5, 0.6) is 0 Å². The summed E-state index contributed by atoms with van der Waals surface area (Å²) in [7, 11) is 0. The van der Waals surface area contributed by atoms with Gasteiger partial charge in [0.1, 0.15) is 10.7 Å². The number of carbonyl (C=O) groups is 1. The maximum Gasteiger partial charge on any atom is 0.266 e. The normalized spacial score (nSPS) is 16.4. The molecule has 3 aromatic rings. The molecule has 150 valence electrons. The lowest BCUT2D eigenvalue weighted by Crippen LogP contribution is -2.31. The van der Waals surface area contributed by atoms with E-state index < -0.39 is 0 Å². The van der Waals surface area contributed by atoms with Gasteiger partial charge in [0.15, 0.2) is 0 Å². The summed E-state index contributed by atoms with van der Waals surface area (Å²) in [5, 5.41) is 0.923. The van der Waals surface area contributed by atoms with Crippen LogP contribution in [0.1, 0.15) is 64.1 Å². The zero-order chi connectivity index (χ0) is 20.4. The van der Waals surface area contributed by atoms with Gasteiger partial charge >= 0.3 is 0 Å². The van der Waals surface area contributed by atoms with E-state index in [1.54, 1.807) is 12.4 Å². The average molecular weight is 408 g/mol. The lowest BCUT2D eigenvalue weighted by atomic mass is 10.00. The van der Waals surface area contributed by atoms with E-state index in [2.05, 4.69) is 21.9 Å². The molecule has 1 saturated heterocycles. The van der Waals surface area contributed by atoms with Crippen molar-refractivity contribution >= 4 is 17.2 Å². The number of aryl methyl sites for hydroxylation is 3. The van der Waals surface area contributed by atoms with Crippen molar-refractivity contribution in [3.63, 3.8) is 0 Å². The maximum absolute atomic E-state index is 13.4. The summed E-state index contributed by atoms with van der Waals surface area (Å²) >= 11 is 1.48. The van der Waals surface area contributed by atoms with Crippen LogP contribution in [0.2, 0.25) is 0 Å². The summed E-state index contributed by atoms with van der Waals surface area (Å²) in [4.78, 5) is 34.2. The molecule has 0 spiro atoms. The lowest BCUT2D eigenvalue weighted by Gasteiger charge is -2.26. The number of likely N-dealkylation sites (tertiary alicyclic amines) is 1. The SMILES string of the molecule is CCCc1ncc(-c2ccncc2)c([C@@H]2CCCN2C(=O)c2sc(C)nc2C)n1. The zero-order valence-electron chi connectivity index (χ0n) is 17.1. The Hall–Kier alpha value is -2.67. The molecular weight excluding hydrogens is 382 g/mol. The van der Waals surface area contributed by atoms with E-state index >= 15 is 0 Å². The standard InChI is InChI=1S/C22H25N5OS/c1-4-6-19-24-13-17(16-8-10-23-11-9-16)20(26-19)18-7-5-12-27(18)22(28)21-14(2)25-15(3)29-21/h8-11,13,18H,4-7,12H2,1-3H3/t18-/m0/s1. The molecule has 1 fully saturated rings. The molecule has 7 heteroatoms. The summed E-state index contributed by atoms with van der Waals surface area (Å²) in [6.45, 7) is 6.72. The number of nitrogens with zero attached hydrogens (tertiary/aromatic N) is 5. The highest BCUT2D eigenvalue weighted by Gasteiger charge is 2.35. The molecule has 0 bridgehead atoms. The van der Waals surface area contributed by atoms with Crippen molar-refractivity contribution in [1.29, 1.82) is 0 Å². The van der Waals surface area contributed by atoms with Crippen molar-refractivity contribution in [2.75, 3.05) is 6.54 Å². The summed E-state index contributed by atoms with van der Waals surface area (Å²) < 4.78 is 0. The zero-order valence-corrected chi connectivity index (χ0v) is 17.9. The van der Waals surface area contributed by atoms with Crippen molar-refractivity contribution in [3.8, 4) is 11.1 Å². The fraction of sp³-hybridized carbons (Fsp3) is 0.409. The van der Waals surface area contributed by atoms with Crippen LogP contribution in [0.25, 0.3) is 11.1 Å². The Labute approximate surface area is 175 Å². The van der Waals surface area contributed by atoms with Crippen LogP contribution in [0.3, 0.4) is 0 Å². The van der Waals surface area contributed by atoms with Crippen LogP contribution < -0.4 is 0 Å². The second-order valence-electron chi connectivity index (χ2n) is 7.38. The number of thiazole rings is 1. The van der Waals surface area contributed by atoms with Crippen LogP contribution in [0, 0.1) is 13.8 Å². The quantitative estimate of drug-likeness (QED) is 0.621. The minimum Gasteiger partial charge on any atom is -0.329 e. The van der Waals surface area contributed by atoms with Crippen molar-refractivity contribution < 1.29 is 4.79 Å². The van der Waals surface area contributed by atoms with Gasteiger partial charge in [-0.3, -0.25) is 9.78 Å². The minimum atomic E-state index is -0.0499. The van der Waals surface area contributed by atoms with Gasteiger partial charge in [0.25, 0.3) is 5.91 Å². The van der Waals surface area contributed by atoms with Gasteiger partial charge in [0.2, 0.25) is 0 Å². The Morgan fingerprint density at radius 2 is 2.03 bits per heavy atom. The van der Waals surface area contributed by atoms with E-state index in [0.717, 1.165) is 70.5 Å². The second-order valence-corrected chi connectivity index (χ2v) is 8.58. The molecule has 1 atom stereocenters. The Bertz CT molecular complexity index is 1020. The maximum atomic E-state index is 13.4. The molecule has 0 radical (unpaired) electrons. The second kappa shape index (κ2) is 8.37. The molecule has 3 aromatic heterocycles. The van der Waals surface area contributed by atoms with Crippen molar-refractivity contribution in [2.45, 2.75) is 52.5 Å². The molecule has 4 rings (SSSR count). The molecule has 4 heterocycles. The fourth-order valence-corrected chi connectivity index (χ4v) is 4.82. The minimum absolute atomic E-state index is 0.0499. The Morgan fingerprint density at radius 3 is 2.72 bits per heavy atom. The van der Waals surface area contributed by atoms with E-state index in [1.165, 1.54) is 11.3 Å². The summed E-state index contributed by atoms with van der Waals surface area (Å²) in [6.07, 6.45) is 9.16. The number of pyridine rings is 1. The molecular formula is C22H25N5OS. The molecule has 1 aliphatic heterocycles. The third kappa shape index (κ3) is 3.92. The molecule has 0 saturated carbocycles. The van der Waals surface area contributed by atoms with Crippen LogP contribution in [-0.4, -0.2) is 37.3 Å². The smallest absolute Gasteiger partial charge is 0.266 e. The van der Waals surface area contributed by atoms with Crippen LogP contribution in [0.15, 0.2) is 30.7 Å². The lowest BCUT2D eigenvalue weighted by molar-refractivity contribution is 0.0737. The molecule has 0 N–H and O–H groups in total. The van der Waals surface area contributed by atoms with E-state index in [4.69, 9.17) is 4.98 Å². The number of carbonyl (C=O) groups excluding carboxylic acids is 1. The average Bonchev–Trinajstić information content (AvgIpc) is 3.34. The first-order valence-electron chi connectivity index (χ1n) is 10.1. The van der Waals surface area contributed by atoms with Gasteiger partial charge in [-0.2, -0.15) is 0 Å². The fourth-order valence-electron chi connectivity index (χ4n) is 3.94. The molecule has 1 amide bonds. The van der Waals surface area contributed by atoms with Gasteiger partial charge in [0.05, 0.1) is 22.4 Å². The number of hydrogen-bond donors (Lipinski definition) is 0. The largest absolute Gasteiger partial charge is 0.329 e. The number of rotatable bonds is 5. The number of amides is 1. The molecule has 1 aliphatic rings. The first-order chi connectivity index (χ1) is 14.1. The van der Waals surface area contributed by atoms with Crippen molar-refractivity contribution in [2.24, 2.45) is 0 Å². The Kier molecular flexibility index (Phi) is 5.67. The van der Waals surface area contributed by atoms with E-state index in [-0.39, 0.29) is 11.9 Å². The number of hydrogen-bond acceptors (Lipinski definition) is 6. The summed E-state index contributed by atoms with van der Waals surface area (Å²) in [5.74, 6) is 0.899. The highest BCUT2D eigenvalue weighted by atomic mass is 32.1. The summed E-state index contributed by atoms with van der Waals surface area (Å²) in [6, 6.07) is 3.89. The molecule has 29 heavy (non-hydrogen) atoms. The Balaban J connectivity index is 1.76.